The fraction of sp³-hybridized carbons (Fsp3) is 0.182. The molecule has 0 aromatic carbocycles. The molecule has 0 spiro atoms. The lowest BCUT2D eigenvalue weighted by atomic mass is 10.3. The van der Waals surface area contributed by atoms with Crippen LogP contribution in [-0.4, -0.2) is 22.1 Å². The van der Waals surface area contributed by atoms with Crippen molar-refractivity contribution < 1.29 is 4.74 Å². The number of methoxy groups -OCH3 is 1. The second-order valence-electron chi connectivity index (χ2n) is 3.16. The molecule has 0 bridgehead atoms. The van der Waals surface area contributed by atoms with Gasteiger partial charge in [0.25, 0.3) is 0 Å². The lowest BCUT2D eigenvalue weighted by Crippen LogP contribution is -2.02. The van der Waals surface area contributed by atoms with Crippen LogP contribution in [-0.2, 0) is 6.54 Å². The molecular weight excluding hydrogens is 204 g/mol. The van der Waals surface area contributed by atoms with Crippen molar-refractivity contribution in [3.05, 3.63) is 42.5 Å². The summed E-state index contributed by atoms with van der Waals surface area (Å²) in [5.41, 5.74) is 1.09. The molecule has 5 heteroatoms. The van der Waals surface area contributed by atoms with Crippen LogP contribution in [0.5, 0.6) is 5.88 Å². The molecule has 82 valence electrons. The SMILES string of the molecule is COc1cncc(NCc2cccnc2)n1. The Balaban J connectivity index is 1.99. The van der Waals surface area contributed by atoms with Crippen LogP contribution in [0.4, 0.5) is 5.82 Å². The average molecular weight is 216 g/mol. The lowest BCUT2D eigenvalue weighted by molar-refractivity contribution is 0.396. The third-order valence-corrected chi connectivity index (χ3v) is 2.02. The van der Waals surface area contributed by atoms with Gasteiger partial charge in [0.05, 0.1) is 19.5 Å². The first kappa shape index (κ1) is 10.4. The Labute approximate surface area is 93.5 Å². The predicted octanol–water partition coefficient (Wildman–Crippen LogP) is 1.49. The first-order valence-electron chi connectivity index (χ1n) is 4.87. The minimum atomic E-state index is 0.496. The van der Waals surface area contributed by atoms with Crippen molar-refractivity contribution in [3.8, 4) is 5.88 Å². The van der Waals surface area contributed by atoms with Gasteiger partial charge in [-0.25, -0.2) is 0 Å². The summed E-state index contributed by atoms with van der Waals surface area (Å²) in [6, 6.07) is 3.89. The molecule has 1 N–H and O–H groups in total. The maximum Gasteiger partial charge on any atom is 0.233 e. The fourth-order valence-corrected chi connectivity index (χ4v) is 1.23. The summed E-state index contributed by atoms with van der Waals surface area (Å²) in [5.74, 6) is 1.18. The summed E-state index contributed by atoms with van der Waals surface area (Å²) in [6.07, 6.45) is 6.77. The molecule has 2 rings (SSSR count). The van der Waals surface area contributed by atoms with E-state index in [1.165, 1.54) is 0 Å². The highest BCUT2D eigenvalue weighted by Gasteiger charge is 1.98. The van der Waals surface area contributed by atoms with Crippen molar-refractivity contribution >= 4 is 5.82 Å². The van der Waals surface area contributed by atoms with Gasteiger partial charge in [-0.15, -0.1) is 0 Å². The standard InChI is InChI=1S/C11H12N4O/c1-16-11-8-13-7-10(15-11)14-6-9-3-2-4-12-5-9/h2-5,7-8H,6H2,1H3,(H,14,15). The van der Waals surface area contributed by atoms with Gasteiger partial charge in [0.1, 0.15) is 5.82 Å². The van der Waals surface area contributed by atoms with Crippen LogP contribution >= 0.6 is 0 Å². The molecule has 0 atom stereocenters. The Morgan fingerprint density at radius 1 is 1.25 bits per heavy atom. The van der Waals surface area contributed by atoms with Gasteiger partial charge in [-0.3, -0.25) is 9.97 Å². The van der Waals surface area contributed by atoms with Gasteiger partial charge >= 0.3 is 0 Å². The zero-order valence-electron chi connectivity index (χ0n) is 8.92. The van der Waals surface area contributed by atoms with Gasteiger partial charge in [0.15, 0.2) is 0 Å². The number of hydrogen-bond acceptors (Lipinski definition) is 5. The van der Waals surface area contributed by atoms with Crippen molar-refractivity contribution in [3.63, 3.8) is 0 Å². The number of anilines is 1. The molecular formula is C11H12N4O. The van der Waals surface area contributed by atoms with E-state index >= 15 is 0 Å². The lowest BCUT2D eigenvalue weighted by Gasteiger charge is -2.05. The van der Waals surface area contributed by atoms with Gasteiger partial charge in [-0.1, -0.05) is 6.07 Å². The van der Waals surface area contributed by atoms with Crippen molar-refractivity contribution in [2.24, 2.45) is 0 Å². The molecule has 0 saturated heterocycles. The molecule has 5 nitrogen and oxygen atoms in total. The van der Waals surface area contributed by atoms with Crippen molar-refractivity contribution in [1.29, 1.82) is 0 Å². The smallest absolute Gasteiger partial charge is 0.233 e. The molecule has 0 saturated carbocycles. The Morgan fingerprint density at radius 2 is 2.19 bits per heavy atom. The van der Waals surface area contributed by atoms with E-state index in [9.17, 15) is 0 Å². The molecule has 16 heavy (non-hydrogen) atoms. The van der Waals surface area contributed by atoms with Gasteiger partial charge in [-0.05, 0) is 11.6 Å². The van der Waals surface area contributed by atoms with Gasteiger partial charge in [0.2, 0.25) is 5.88 Å². The third-order valence-electron chi connectivity index (χ3n) is 2.02. The number of pyridine rings is 1. The summed E-state index contributed by atoms with van der Waals surface area (Å²) in [5, 5.41) is 3.14. The number of ether oxygens (including phenoxy) is 1. The zero-order chi connectivity index (χ0) is 11.2. The molecule has 2 aromatic rings. The van der Waals surface area contributed by atoms with Crippen LogP contribution in [0, 0.1) is 0 Å². The van der Waals surface area contributed by atoms with E-state index in [1.807, 2.05) is 12.1 Å². The van der Waals surface area contributed by atoms with E-state index in [4.69, 9.17) is 4.74 Å². The van der Waals surface area contributed by atoms with Crippen LogP contribution in [0.15, 0.2) is 36.9 Å². The van der Waals surface area contributed by atoms with Crippen molar-refractivity contribution in [1.82, 2.24) is 15.0 Å². The fourth-order valence-electron chi connectivity index (χ4n) is 1.23. The summed E-state index contributed by atoms with van der Waals surface area (Å²) in [4.78, 5) is 12.2. The maximum atomic E-state index is 4.98. The minimum Gasteiger partial charge on any atom is -0.480 e. The number of nitrogens with one attached hydrogen (secondary N) is 1. The van der Waals surface area contributed by atoms with Gasteiger partial charge in [0, 0.05) is 18.9 Å². The number of hydrogen-bond donors (Lipinski definition) is 1. The Hall–Kier alpha value is -2.17. The Morgan fingerprint density at radius 3 is 2.94 bits per heavy atom. The highest BCUT2D eigenvalue weighted by molar-refractivity contribution is 5.34. The zero-order valence-corrected chi connectivity index (χ0v) is 8.92. The second kappa shape index (κ2) is 5.06. The Kier molecular flexibility index (Phi) is 3.28. The first-order chi connectivity index (χ1) is 7.88. The first-order valence-corrected chi connectivity index (χ1v) is 4.87. The van der Waals surface area contributed by atoms with E-state index in [2.05, 4.69) is 20.3 Å². The van der Waals surface area contributed by atoms with Crippen molar-refractivity contribution in [2.45, 2.75) is 6.54 Å². The van der Waals surface area contributed by atoms with E-state index in [1.54, 1.807) is 31.9 Å². The van der Waals surface area contributed by atoms with Crippen molar-refractivity contribution in [2.75, 3.05) is 12.4 Å². The number of rotatable bonds is 4. The van der Waals surface area contributed by atoms with Crippen LogP contribution in [0.25, 0.3) is 0 Å². The second-order valence-corrected chi connectivity index (χ2v) is 3.16. The number of nitrogens with zero attached hydrogens (tertiary/aromatic N) is 3. The van der Waals surface area contributed by atoms with E-state index in [0.29, 0.717) is 18.2 Å². The molecule has 0 amide bonds. The van der Waals surface area contributed by atoms with Crippen LogP contribution < -0.4 is 10.1 Å². The molecule has 0 aliphatic carbocycles. The molecule has 2 heterocycles. The quantitative estimate of drug-likeness (QED) is 0.839. The summed E-state index contributed by atoms with van der Waals surface area (Å²) in [6.45, 7) is 0.662. The summed E-state index contributed by atoms with van der Waals surface area (Å²) >= 11 is 0. The van der Waals surface area contributed by atoms with Gasteiger partial charge in [-0.2, -0.15) is 4.98 Å². The summed E-state index contributed by atoms with van der Waals surface area (Å²) < 4.78 is 4.98. The molecule has 0 unspecified atom stereocenters. The maximum absolute atomic E-state index is 4.98. The predicted molar refractivity (Wildman–Crippen MR) is 60.1 cm³/mol. The van der Waals surface area contributed by atoms with Crippen LogP contribution in [0.3, 0.4) is 0 Å². The third kappa shape index (κ3) is 2.66. The normalized spacial score (nSPS) is 9.81. The van der Waals surface area contributed by atoms with Crippen LogP contribution in [0.1, 0.15) is 5.56 Å². The molecule has 0 aliphatic rings. The highest BCUT2D eigenvalue weighted by Crippen LogP contribution is 2.09. The number of aromatic nitrogens is 3. The van der Waals surface area contributed by atoms with E-state index < -0.39 is 0 Å². The molecule has 0 radical (unpaired) electrons. The average Bonchev–Trinajstić information content (AvgIpc) is 2.38. The minimum absolute atomic E-state index is 0.496. The molecule has 0 aliphatic heterocycles. The largest absolute Gasteiger partial charge is 0.480 e. The highest BCUT2D eigenvalue weighted by atomic mass is 16.5. The molecule has 2 aromatic heterocycles. The topological polar surface area (TPSA) is 59.9 Å². The molecule has 0 fully saturated rings. The van der Waals surface area contributed by atoms with Crippen LogP contribution in [0.2, 0.25) is 0 Å². The monoisotopic (exact) mass is 216 g/mol. The Bertz CT molecular complexity index is 447. The van der Waals surface area contributed by atoms with E-state index in [0.717, 1.165) is 5.56 Å². The summed E-state index contributed by atoms with van der Waals surface area (Å²) in [7, 11) is 1.56. The van der Waals surface area contributed by atoms with E-state index in [-0.39, 0.29) is 0 Å². The van der Waals surface area contributed by atoms with Gasteiger partial charge < -0.3 is 10.1 Å².